The van der Waals surface area contributed by atoms with E-state index in [1.165, 1.54) is 11.9 Å². The van der Waals surface area contributed by atoms with E-state index in [4.69, 9.17) is 0 Å². The quantitative estimate of drug-likeness (QED) is 0.455. The summed E-state index contributed by atoms with van der Waals surface area (Å²) in [6, 6.07) is 18.7. The van der Waals surface area contributed by atoms with Crippen LogP contribution in [0, 0.1) is 27.7 Å². The standard InChI is InChI=1S/C29H35N3O4S/c1-20-14-16-26(17-15-20)37(35,36)32(27-13-9-11-21(2)23(27)4)19-28(33)31(24(5)29(34)30-6)18-25-12-8-7-10-22(25)3/h7-17,24H,18-19H2,1-6H3,(H,30,34)/t24-/m0/s1. The first-order valence-corrected chi connectivity index (χ1v) is 13.6. The number of sulfonamides is 1. The lowest BCUT2D eigenvalue weighted by Crippen LogP contribution is -2.51. The van der Waals surface area contributed by atoms with Crippen molar-refractivity contribution in [3.8, 4) is 0 Å². The Bertz CT molecular complexity index is 1380. The minimum Gasteiger partial charge on any atom is -0.357 e. The number of anilines is 1. The third-order valence-corrected chi connectivity index (χ3v) is 8.52. The van der Waals surface area contributed by atoms with Gasteiger partial charge in [0.05, 0.1) is 10.6 Å². The van der Waals surface area contributed by atoms with Crippen molar-refractivity contribution in [2.24, 2.45) is 0 Å². The second kappa shape index (κ2) is 11.6. The van der Waals surface area contributed by atoms with Gasteiger partial charge < -0.3 is 10.2 Å². The van der Waals surface area contributed by atoms with E-state index in [-0.39, 0.29) is 17.3 Å². The van der Waals surface area contributed by atoms with Gasteiger partial charge in [0, 0.05) is 13.6 Å². The molecule has 0 spiro atoms. The third-order valence-electron chi connectivity index (χ3n) is 6.75. The molecule has 3 rings (SSSR count). The molecular formula is C29H35N3O4S. The van der Waals surface area contributed by atoms with Crippen molar-refractivity contribution in [2.45, 2.75) is 52.1 Å². The Kier molecular flexibility index (Phi) is 8.76. The number of nitrogens with zero attached hydrogens (tertiary/aromatic N) is 2. The minimum atomic E-state index is -4.09. The molecule has 3 aromatic rings. The number of amides is 2. The smallest absolute Gasteiger partial charge is 0.264 e. The fourth-order valence-electron chi connectivity index (χ4n) is 4.12. The van der Waals surface area contributed by atoms with Gasteiger partial charge in [-0.3, -0.25) is 13.9 Å². The van der Waals surface area contributed by atoms with Gasteiger partial charge in [-0.1, -0.05) is 54.1 Å². The van der Waals surface area contributed by atoms with Crippen LogP contribution in [0.1, 0.15) is 34.7 Å². The van der Waals surface area contributed by atoms with Crippen LogP contribution in [0.2, 0.25) is 0 Å². The lowest BCUT2D eigenvalue weighted by molar-refractivity contribution is -0.139. The minimum absolute atomic E-state index is 0.0941. The topological polar surface area (TPSA) is 86.8 Å². The van der Waals surface area contributed by atoms with E-state index in [1.54, 1.807) is 43.3 Å². The van der Waals surface area contributed by atoms with Crippen LogP contribution in [0.5, 0.6) is 0 Å². The van der Waals surface area contributed by atoms with Gasteiger partial charge in [-0.05, 0) is 75.1 Å². The second-order valence-electron chi connectivity index (χ2n) is 9.28. The number of carbonyl (C=O) groups is 2. The predicted octanol–water partition coefficient (Wildman–Crippen LogP) is 4.28. The molecule has 1 N–H and O–H groups in total. The first-order valence-electron chi connectivity index (χ1n) is 12.2. The maximum absolute atomic E-state index is 13.9. The molecule has 0 bridgehead atoms. The van der Waals surface area contributed by atoms with Crippen LogP contribution in [-0.2, 0) is 26.2 Å². The van der Waals surface area contributed by atoms with E-state index in [0.717, 1.165) is 32.1 Å². The fourth-order valence-corrected chi connectivity index (χ4v) is 5.59. The second-order valence-corrected chi connectivity index (χ2v) is 11.1. The highest BCUT2D eigenvalue weighted by Gasteiger charge is 2.33. The van der Waals surface area contributed by atoms with Crippen LogP contribution in [0.25, 0.3) is 0 Å². The van der Waals surface area contributed by atoms with E-state index in [0.29, 0.717) is 5.69 Å². The van der Waals surface area contributed by atoms with Gasteiger partial charge in [-0.15, -0.1) is 0 Å². The molecule has 0 saturated heterocycles. The number of benzene rings is 3. The fraction of sp³-hybridized carbons (Fsp3) is 0.310. The Morgan fingerprint density at radius 2 is 1.49 bits per heavy atom. The van der Waals surface area contributed by atoms with E-state index in [1.807, 2.05) is 58.0 Å². The molecule has 0 aliphatic rings. The predicted molar refractivity (Wildman–Crippen MR) is 147 cm³/mol. The highest BCUT2D eigenvalue weighted by atomic mass is 32.2. The lowest BCUT2D eigenvalue weighted by Gasteiger charge is -2.32. The van der Waals surface area contributed by atoms with Crippen molar-refractivity contribution in [1.82, 2.24) is 10.2 Å². The van der Waals surface area contributed by atoms with Gasteiger partial charge >= 0.3 is 0 Å². The summed E-state index contributed by atoms with van der Waals surface area (Å²) >= 11 is 0. The summed E-state index contributed by atoms with van der Waals surface area (Å²) in [6.07, 6.45) is 0. The molecule has 1 atom stereocenters. The van der Waals surface area contributed by atoms with Gasteiger partial charge in [-0.2, -0.15) is 0 Å². The number of hydrogen-bond acceptors (Lipinski definition) is 4. The number of likely N-dealkylation sites (N-methyl/N-ethyl adjacent to an activating group) is 1. The Labute approximate surface area is 220 Å². The molecule has 7 nitrogen and oxygen atoms in total. The summed E-state index contributed by atoms with van der Waals surface area (Å²) in [7, 11) is -2.57. The molecule has 8 heteroatoms. The summed E-state index contributed by atoms with van der Waals surface area (Å²) < 4.78 is 29.0. The third kappa shape index (κ3) is 6.20. The molecule has 2 amide bonds. The zero-order valence-electron chi connectivity index (χ0n) is 22.3. The lowest BCUT2D eigenvalue weighted by atomic mass is 10.1. The molecule has 3 aromatic carbocycles. The SMILES string of the molecule is CNC(=O)[C@H](C)N(Cc1ccccc1C)C(=O)CN(c1cccc(C)c1C)S(=O)(=O)c1ccc(C)cc1. The van der Waals surface area contributed by atoms with Crippen LogP contribution >= 0.6 is 0 Å². The van der Waals surface area contributed by atoms with Gasteiger partial charge in [0.2, 0.25) is 11.8 Å². The molecule has 0 radical (unpaired) electrons. The van der Waals surface area contributed by atoms with Crippen LogP contribution in [-0.4, -0.2) is 44.8 Å². The summed E-state index contributed by atoms with van der Waals surface area (Å²) in [5, 5.41) is 2.60. The average Bonchev–Trinajstić information content (AvgIpc) is 2.87. The first-order chi connectivity index (χ1) is 17.5. The van der Waals surface area contributed by atoms with Gasteiger partial charge in [-0.25, -0.2) is 8.42 Å². The monoisotopic (exact) mass is 521 g/mol. The maximum atomic E-state index is 13.9. The molecule has 0 aromatic heterocycles. The molecular weight excluding hydrogens is 486 g/mol. The van der Waals surface area contributed by atoms with Crippen molar-refractivity contribution in [2.75, 3.05) is 17.9 Å². The van der Waals surface area contributed by atoms with Crippen LogP contribution in [0.15, 0.2) is 71.6 Å². The number of rotatable bonds is 9. The van der Waals surface area contributed by atoms with E-state index >= 15 is 0 Å². The molecule has 0 saturated carbocycles. The zero-order valence-corrected chi connectivity index (χ0v) is 23.1. The molecule has 0 unspecified atom stereocenters. The van der Waals surface area contributed by atoms with Crippen LogP contribution in [0.3, 0.4) is 0 Å². The first kappa shape index (κ1) is 27.9. The number of aryl methyl sites for hydroxylation is 3. The maximum Gasteiger partial charge on any atom is 0.264 e. The van der Waals surface area contributed by atoms with Crippen molar-refractivity contribution in [3.63, 3.8) is 0 Å². The zero-order chi connectivity index (χ0) is 27.3. The largest absolute Gasteiger partial charge is 0.357 e. The van der Waals surface area contributed by atoms with Crippen molar-refractivity contribution in [3.05, 3.63) is 94.5 Å². The summed E-state index contributed by atoms with van der Waals surface area (Å²) in [5.74, 6) is -0.808. The molecule has 0 fully saturated rings. The average molecular weight is 522 g/mol. The molecule has 0 aliphatic heterocycles. The summed E-state index contributed by atoms with van der Waals surface area (Å²) in [6.45, 7) is 8.92. The number of hydrogen-bond donors (Lipinski definition) is 1. The number of nitrogens with one attached hydrogen (secondary N) is 1. The van der Waals surface area contributed by atoms with E-state index < -0.39 is 28.5 Å². The Balaban J connectivity index is 2.09. The van der Waals surface area contributed by atoms with Gasteiger partial charge in [0.1, 0.15) is 12.6 Å². The van der Waals surface area contributed by atoms with Crippen LogP contribution < -0.4 is 9.62 Å². The van der Waals surface area contributed by atoms with Crippen LogP contribution in [0.4, 0.5) is 5.69 Å². The molecule has 37 heavy (non-hydrogen) atoms. The molecule has 196 valence electrons. The Morgan fingerprint density at radius 1 is 0.865 bits per heavy atom. The molecule has 0 heterocycles. The van der Waals surface area contributed by atoms with E-state index in [2.05, 4.69) is 5.32 Å². The summed E-state index contributed by atoms with van der Waals surface area (Å²) in [5.41, 5.74) is 4.88. The van der Waals surface area contributed by atoms with E-state index in [9.17, 15) is 18.0 Å². The highest BCUT2D eigenvalue weighted by Crippen LogP contribution is 2.29. The highest BCUT2D eigenvalue weighted by molar-refractivity contribution is 7.92. The summed E-state index contributed by atoms with van der Waals surface area (Å²) in [4.78, 5) is 28.0. The number of carbonyl (C=O) groups excluding carboxylic acids is 2. The van der Waals surface area contributed by atoms with Crippen molar-refractivity contribution in [1.29, 1.82) is 0 Å². The Hall–Kier alpha value is -3.65. The Morgan fingerprint density at radius 3 is 2.11 bits per heavy atom. The van der Waals surface area contributed by atoms with Crippen molar-refractivity contribution >= 4 is 27.5 Å². The molecule has 0 aliphatic carbocycles. The van der Waals surface area contributed by atoms with Gasteiger partial charge in [0.15, 0.2) is 0 Å². The normalized spacial score (nSPS) is 12.1. The van der Waals surface area contributed by atoms with Crippen molar-refractivity contribution < 1.29 is 18.0 Å². The van der Waals surface area contributed by atoms with Gasteiger partial charge in [0.25, 0.3) is 10.0 Å².